The van der Waals surface area contributed by atoms with Crippen LogP contribution in [0.4, 0.5) is 5.82 Å². The molecule has 0 spiro atoms. The van der Waals surface area contributed by atoms with E-state index in [1.165, 1.54) is 5.56 Å². The van der Waals surface area contributed by atoms with Gasteiger partial charge in [-0.15, -0.1) is 0 Å². The third kappa shape index (κ3) is 2.85. The van der Waals surface area contributed by atoms with Crippen molar-refractivity contribution < 1.29 is 4.79 Å². The van der Waals surface area contributed by atoms with E-state index in [4.69, 9.17) is 0 Å². The van der Waals surface area contributed by atoms with Crippen molar-refractivity contribution in [2.75, 3.05) is 5.32 Å². The number of benzene rings is 2. The van der Waals surface area contributed by atoms with E-state index in [1.54, 1.807) is 4.68 Å². The zero-order valence-corrected chi connectivity index (χ0v) is 16.4. The first-order valence-electron chi connectivity index (χ1n) is 10.2. The maximum atomic E-state index is 13.5. The molecule has 2 N–H and O–H groups in total. The third-order valence-electron chi connectivity index (χ3n) is 5.97. The summed E-state index contributed by atoms with van der Waals surface area (Å²) in [5.41, 5.74) is 5.20. The van der Waals surface area contributed by atoms with Crippen LogP contribution < -0.4 is 10.9 Å². The van der Waals surface area contributed by atoms with E-state index in [-0.39, 0.29) is 17.3 Å². The highest BCUT2D eigenvalue weighted by molar-refractivity contribution is 6.00. The minimum atomic E-state index is -0.339. The van der Waals surface area contributed by atoms with Crippen LogP contribution >= 0.6 is 0 Å². The number of allylic oxidation sites excluding steroid dienone is 2. The number of hydrogen-bond donors (Lipinski definition) is 2. The van der Waals surface area contributed by atoms with Crippen molar-refractivity contribution in [2.24, 2.45) is 0 Å². The molecule has 2 aliphatic rings. The second-order valence-corrected chi connectivity index (χ2v) is 7.70. The van der Waals surface area contributed by atoms with Gasteiger partial charge in [0.2, 0.25) is 0 Å². The van der Waals surface area contributed by atoms with Gasteiger partial charge in [0, 0.05) is 23.6 Å². The molecule has 5 nitrogen and oxygen atoms in total. The number of fused-ring (bicyclic) bond motifs is 1. The zero-order chi connectivity index (χ0) is 20.0. The number of carbonyl (C=O) groups excluding carboxylic acids is 1. The molecule has 5 heteroatoms. The number of nitrogens with zero attached hydrogens (tertiary/aromatic N) is 1. The Bertz CT molecular complexity index is 1170. The molecule has 1 aliphatic carbocycles. The number of ketones is 1. The average Bonchev–Trinajstić information content (AvgIpc) is 3.09. The smallest absolute Gasteiger partial charge is 0.277 e. The van der Waals surface area contributed by atoms with E-state index in [0.717, 1.165) is 41.8 Å². The maximum Gasteiger partial charge on any atom is 0.277 e. The fraction of sp³-hybridized carbons (Fsp3) is 0.250. The molecule has 1 unspecified atom stereocenters. The Labute approximate surface area is 169 Å². The van der Waals surface area contributed by atoms with Crippen molar-refractivity contribution in [1.82, 2.24) is 9.78 Å². The van der Waals surface area contributed by atoms with Crippen molar-refractivity contribution in [1.29, 1.82) is 0 Å². The number of anilines is 1. The molecule has 1 atom stereocenters. The third-order valence-corrected chi connectivity index (χ3v) is 5.97. The lowest BCUT2D eigenvalue weighted by molar-refractivity contribution is -0.116. The molecule has 0 radical (unpaired) electrons. The molecule has 2 aromatic carbocycles. The number of aryl methyl sites for hydroxylation is 1. The van der Waals surface area contributed by atoms with Gasteiger partial charge in [-0.1, -0.05) is 49.4 Å². The van der Waals surface area contributed by atoms with Crippen molar-refractivity contribution >= 4 is 11.6 Å². The van der Waals surface area contributed by atoms with E-state index < -0.39 is 0 Å². The summed E-state index contributed by atoms with van der Waals surface area (Å²) in [5.74, 6) is 0.492. The quantitative estimate of drug-likeness (QED) is 0.707. The van der Waals surface area contributed by atoms with E-state index in [2.05, 4.69) is 41.6 Å². The fourth-order valence-electron chi connectivity index (χ4n) is 4.47. The van der Waals surface area contributed by atoms with Crippen LogP contribution in [0.15, 0.2) is 70.7 Å². The molecule has 5 rings (SSSR count). The van der Waals surface area contributed by atoms with Crippen LogP contribution in [-0.2, 0) is 11.2 Å². The highest BCUT2D eigenvalue weighted by Gasteiger charge is 2.38. The van der Waals surface area contributed by atoms with Gasteiger partial charge in [-0.05, 0) is 42.5 Å². The number of aromatic amines is 1. The summed E-state index contributed by atoms with van der Waals surface area (Å²) in [6.07, 6.45) is 3.15. The monoisotopic (exact) mass is 385 g/mol. The van der Waals surface area contributed by atoms with Gasteiger partial charge in [-0.3, -0.25) is 14.7 Å². The van der Waals surface area contributed by atoms with Crippen molar-refractivity contribution in [3.8, 4) is 5.69 Å². The van der Waals surface area contributed by atoms with Gasteiger partial charge in [0.05, 0.1) is 11.3 Å². The summed E-state index contributed by atoms with van der Waals surface area (Å²) in [6.45, 7) is 2.12. The van der Waals surface area contributed by atoms with E-state index in [9.17, 15) is 9.59 Å². The summed E-state index contributed by atoms with van der Waals surface area (Å²) in [5, 5.41) is 6.60. The first kappa shape index (κ1) is 17.7. The molecule has 2 heterocycles. The van der Waals surface area contributed by atoms with Gasteiger partial charge in [0.15, 0.2) is 5.78 Å². The maximum absolute atomic E-state index is 13.5. The average molecular weight is 385 g/mol. The second kappa shape index (κ2) is 6.92. The molecule has 0 saturated heterocycles. The van der Waals surface area contributed by atoms with Gasteiger partial charge < -0.3 is 5.32 Å². The molecule has 1 aliphatic heterocycles. The van der Waals surface area contributed by atoms with Crippen LogP contribution in [0.3, 0.4) is 0 Å². The summed E-state index contributed by atoms with van der Waals surface area (Å²) in [7, 11) is 0. The standard InChI is InChI=1S/C24H23N3O2/c1-2-15-11-13-16(14-12-15)20-21-18(9-6-10-19(21)28)25-23-22(20)24(29)27(26-23)17-7-4-3-5-8-17/h3-5,7-8,11-14,20,25-26H,2,6,9-10H2,1H3. The predicted octanol–water partition coefficient (Wildman–Crippen LogP) is 4.29. The predicted molar refractivity (Wildman–Crippen MR) is 114 cm³/mol. The van der Waals surface area contributed by atoms with Crippen molar-refractivity contribution in [2.45, 2.75) is 38.5 Å². The minimum absolute atomic E-state index is 0.117. The normalized spacial score (nSPS) is 18.2. The van der Waals surface area contributed by atoms with Crippen molar-refractivity contribution in [3.05, 3.63) is 92.9 Å². The Hall–Kier alpha value is -3.34. The lowest BCUT2D eigenvalue weighted by Crippen LogP contribution is -2.29. The topological polar surface area (TPSA) is 66.9 Å². The zero-order valence-electron chi connectivity index (χ0n) is 16.4. The van der Waals surface area contributed by atoms with E-state index in [0.29, 0.717) is 17.8 Å². The number of carbonyl (C=O) groups is 1. The SMILES string of the molecule is CCc1ccc(C2C3=C(CCCC3=O)Nc3[nH]n(-c4ccccc4)c(=O)c32)cc1. The van der Waals surface area contributed by atoms with E-state index >= 15 is 0 Å². The van der Waals surface area contributed by atoms with Crippen LogP contribution in [0.25, 0.3) is 5.69 Å². The molecule has 0 amide bonds. The Balaban J connectivity index is 1.72. The van der Waals surface area contributed by atoms with Crippen molar-refractivity contribution in [3.63, 3.8) is 0 Å². The molecule has 146 valence electrons. The van der Waals surface area contributed by atoms with Crippen LogP contribution in [0.1, 0.15) is 48.8 Å². The molecule has 29 heavy (non-hydrogen) atoms. The molecular formula is C24H23N3O2. The first-order chi connectivity index (χ1) is 14.2. The summed E-state index contributed by atoms with van der Waals surface area (Å²) in [4.78, 5) is 26.4. The lowest BCUT2D eigenvalue weighted by atomic mass is 9.76. The Morgan fingerprint density at radius 3 is 2.48 bits per heavy atom. The summed E-state index contributed by atoms with van der Waals surface area (Å²) < 4.78 is 1.56. The first-order valence-corrected chi connectivity index (χ1v) is 10.2. The van der Waals surface area contributed by atoms with Crippen LogP contribution in [-0.4, -0.2) is 15.6 Å². The lowest BCUT2D eigenvalue weighted by Gasteiger charge is -2.31. The van der Waals surface area contributed by atoms with Gasteiger partial charge >= 0.3 is 0 Å². The number of hydrogen-bond acceptors (Lipinski definition) is 3. The highest BCUT2D eigenvalue weighted by atomic mass is 16.1. The van der Waals surface area contributed by atoms with E-state index in [1.807, 2.05) is 30.3 Å². The number of aromatic nitrogens is 2. The summed E-state index contributed by atoms with van der Waals surface area (Å²) >= 11 is 0. The fourth-order valence-corrected chi connectivity index (χ4v) is 4.47. The molecular weight excluding hydrogens is 362 g/mol. The number of rotatable bonds is 3. The molecule has 0 bridgehead atoms. The second-order valence-electron chi connectivity index (χ2n) is 7.70. The molecule has 3 aromatic rings. The van der Waals surface area contributed by atoms with Gasteiger partial charge in [-0.25, -0.2) is 4.68 Å². The highest BCUT2D eigenvalue weighted by Crippen LogP contribution is 2.43. The van der Waals surface area contributed by atoms with Gasteiger partial charge in [0.25, 0.3) is 5.56 Å². The number of H-pyrrole nitrogens is 1. The van der Waals surface area contributed by atoms with Gasteiger partial charge in [-0.2, -0.15) is 0 Å². The van der Waals surface area contributed by atoms with Crippen LogP contribution in [0.5, 0.6) is 0 Å². The molecule has 0 saturated carbocycles. The van der Waals surface area contributed by atoms with Crippen LogP contribution in [0.2, 0.25) is 0 Å². The Morgan fingerprint density at radius 1 is 1.00 bits per heavy atom. The van der Waals surface area contributed by atoms with Gasteiger partial charge in [0.1, 0.15) is 5.82 Å². The molecule has 0 fully saturated rings. The van der Waals surface area contributed by atoms with Crippen LogP contribution in [0, 0.1) is 0 Å². The Kier molecular flexibility index (Phi) is 4.23. The number of para-hydroxylation sites is 1. The minimum Gasteiger partial charge on any atom is -0.343 e. The number of Topliss-reactive ketones (excluding diaryl/α,β-unsaturated/α-hetero) is 1. The Morgan fingerprint density at radius 2 is 1.76 bits per heavy atom. The summed E-state index contributed by atoms with van der Waals surface area (Å²) in [6, 6.07) is 17.8. The molecule has 1 aromatic heterocycles. The largest absolute Gasteiger partial charge is 0.343 e. The number of nitrogens with one attached hydrogen (secondary N) is 2.